The van der Waals surface area contributed by atoms with E-state index in [1.807, 2.05) is 65.6 Å². The molecule has 0 bridgehead atoms. The molecule has 3 rings (SSSR count). The quantitative estimate of drug-likeness (QED) is 0.746. The second kappa shape index (κ2) is 8.25. The predicted molar refractivity (Wildman–Crippen MR) is 106 cm³/mol. The van der Waals surface area contributed by atoms with Crippen molar-refractivity contribution in [2.75, 3.05) is 13.2 Å². The Morgan fingerprint density at radius 2 is 1.71 bits per heavy atom. The summed E-state index contributed by atoms with van der Waals surface area (Å²) in [5, 5.41) is 10.0. The Morgan fingerprint density at radius 1 is 1.11 bits per heavy atom. The van der Waals surface area contributed by atoms with Crippen LogP contribution in [0.2, 0.25) is 0 Å². The number of aliphatic carboxylic acids is 1. The monoisotopic (exact) mass is 380 g/mol. The predicted octanol–water partition coefficient (Wildman–Crippen LogP) is 3.29. The minimum absolute atomic E-state index is 0.152. The third kappa shape index (κ3) is 3.76. The Morgan fingerprint density at radius 3 is 2.29 bits per heavy atom. The molecule has 1 aliphatic heterocycles. The topological polar surface area (TPSA) is 79.2 Å². The van der Waals surface area contributed by atoms with Crippen molar-refractivity contribution < 1.29 is 19.4 Å². The van der Waals surface area contributed by atoms with Crippen LogP contribution in [0, 0.1) is 0 Å². The summed E-state index contributed by atoms with van der Waals surface area (Å²) in [7, 11) is 0. The molecule has 0 unspecified atom stereocenters. The first-order valence-electron chi connectivity index (χ1n) is 9.33. The van der Waals surface area contributed by atoms with Gasteiger partial charge in [-0.05, 0) is 19.4 Å². The maximum Gasteiger partial charge on any atom is 0.333 e. The number of rotatable bonds is 7. The number of benzene rings is 2. The van der Waals surface area contributed by atoms with E-state index in [1.165, 1.54) is 0 Å². The van der Waals surface area contributed by atoms with Gasteiger partial charge in [0.25, 0.3) is 0 Å². The fourth-order valence-electron chi connectivity index (χ4n) is 3.57. The highest BCUT2D eigenvalue weighted by molar-refractivity contribution is 6.03. The van der Waals surface area contributed by atoms with E-state index in [4.69, 9.17) is 4.74 Å². The number of hydrogen-bond donors (Lipinski definition) is 1. The van der Waals surface area contributed by atoms with Crippen LogP contribution in [0.15, 0.2) is 65.7 Å². The van der Waals surface area contributed by atoms with Crippen molar-refractivity contribution in [2.24, 2.45) is 4.99 Å². The van der Waals surface area contributed by atoms with Crippen LogP contribution in [0.1, 0.15) is 37.4 Å². The first-order valence-corrected chi connectivity index (χ1v) is 9.33. The van der Waals surface area contributed by atoms with Gasteiger partial charge in [-0.3, -0.25) is 4.79 Å². The third-order valence-corrected chi connectivity index (χ3v) is 4.90. The Balaban J connectivity index is 2.05. The lowest BCUT2D eigenvalue weighted by molar-refractivity contribution is -0.144. The van der Waals surface area contributed by atoms with Crippen molar-refractivity contribution in [3.05, 3.63) is 71.8 Å². The summed E-state index contributed by atoms with van der Waals surface area (Å²) >= 11 is 0. The lowest BCUT2D eigenvalue weighted by Gasteiger charge is -2.33. The van der Waals surface area contributed by atoms with Crippen LogP contribution in [-0.4, -0.2) is 46.5 Å². The highest BCUT2D eigenvalue weighted by Crippen LogP contribution is 2.42. The molecule has 0 fully saturated rings. The molecule has 0 amide bonds. The lowest BCUT2D eigenvalue weighted by atomic mass is 9.87. The molecule has 0 radical (unpaired) electrons. The standard InChI is InChI=1S/C22H24N2O4/c1-3-28-18(25)14-15-24-19(16-10-6-4-7-11-16)22(2,21(26)27)23-20(24)17-12-8-5-9-13-17/h4-13,19H,3,14-15H2,1-2H3,(H,26,27)/t19-,22-/m0/s1. The summed E-state index contributed by atoms with van der Waals surface area (Å²) in [6.45, 7) is 4.02. The van der Waals surface area contributed by atoms with Gasteiger partial charge in [0.2, 0.25) is 0 Å². The average molecular weight is 380 g/mol. The SMILES string of the molecule is CCOC(=O)CCN1C(c2ccccc2)=N[C@](C)(C(=O)O)[C@@H]1c1ccccc1. The number of nitrogens with zero attached hydrogens (tertiary/aromatic N) is 2. The highest BCUT2D eigenvalue weighted by atomic mass is 16.5. The van der Waals surface area contributed by atoms with Gasteiger partial charge >= 0.3 is 11.9 Å². The van der Waals surface area contributed by atoms with E-state index in [-0.39, 0.29) is 12.4 Å². The van der Waals surface area contributed by atoms with Gasteiger partial charge in [0.05, 0.1) is 19.1 Å². The molecule has 1 N–H and O–H groups in total. The normalized spacial score (nSPS) is 21.3. The molecule has 0 saturated heterocycles. The minimum Gasteiger partial charge on any atom is -0.479 e. The van der Waals surface area contributed by atoms with Crippen LogP contribution in [-0.2, 0) is 14.3 Å². The van der Waals surface area contributed by atoms with Gasteiger partial charge < -0.3 is 14.7 Å². The molecule has 2 atom stereocenters. The zero-order valence-corrected chi connectivity index (χ0v) is 16.0. The second-order valence-corrected chi connectivity index (χ2v) is 6.82. The molecule has 6 heteroatoms. The number of carboxylic acids is 1. The van der Waals surface area contributed by atoms with Gasteiger partial charge in [0, 0.05) is 12.1 Å². The third-order valence-electron chi connectivity index (χ3n) is 4.90. The van der Waals surface area contributed by atoms with Crippen LogP contribution in [0.5, 0.6) is 0 Å². The Labute approximate surface area is 164 Å². The molecule has 0 spiro atoms. The van der Waals surface area contributed by atoms with Gasteiger partial charge in [0.1, 0.15) is 5.84 Å². The molecule has 0 saturated carbocycles. The summed E-state index contributed by atoms with van der Waals surface area (Å²) < 4.78 is 5.06. The second-order valence-electron chi connectivity index (χ2n) is 6.82. The summed E-state index contributed by atoms with van der Waals surface area (Å²) in [4.78, 5) is 30.8. The van der Waals surface area contributed by atoms with Crippen LogP contribution >= 0.6 is 0 Å². The van der Waals surface area contributed by atoms with Crippen LogP contribution < -0.4 is 0 Å². The van der Waals surface area contributed by atoms with Crippen molar-refractivity contribution in [3.8, 4) is 0 Å². The van der Waals surface area contributed by atoms with E-state index < -0.39 is 17.6 Å². The van der Waals surface area contributed by atoms with Crippen LogP contribution in [0.4, 0.5) is 0 Å². The van der Waals surface area contributed by atoms with E-state index >= 15 is 0 Å². The van der Waals surface area contributed by atoms with Crippen molar-refractivity contribution in [2.45, 2.75) is 31.8 Å². The molecule has 6 nitrogen and oxygen atoms in total. The zero-order valence-electron chi connectivity index (χ0n) is 16.0. The molecule has 28 heavy (non-hydrogen) atoms. The Hall–Kier alpha value is -3.15. The van der Waals surface area contributed by atoms with Crippen molar-refractivity contribution in [1.29, 1.82) is 0 Å². The molecule has 1 aliphatic rings. The molecule has 0 aliphatic carbocycles. The molecule has 2 aromatic carbocycles. The Bertz CT molecular complexity index is 867. The van der Waals surface area contributed by atoms with Gasteiger partial charge in [-0.25, -0.2) is 9.79 Å². The Kier molecular flexibility index (Phi) is 5.78. The van der Waals surface area contributed by atoms with E-state index in [0.717, 1.165) is 11.1 Å². The highest BCUT2D eigenvalue weighted by Gasteiger charge is 2.51. The summed E-state index contributed by atoms with van der Waals surface area (Å²) in [6.07, 6.45) is 0.152. The summed E-state index contributed by atoms with van der Waals surface area (Å²) in [6, 6.07) is 18.4. The molecule has 1 heterocycles. The number of esters is 1. The number of ether oxygens (including phenoxy) is 1. The summed E-state index contributed by atoms with van der Waals surface area (Å²) in [5.41, 5.74) is 0.282. The molecule has 0 aromatic heterocycles. The van der Waals surface area contributed by atoms with Crippen molar-refractivity contribution >= 4 is 17.8 Å². The number of hydrogen-bond acceptors (Lipinski definition) is 5. The number of carboxylic acid groups (broad SMARTS) is 1. The fourth-order valence-corrected chi connectivity index (χ4v) is 3.57. The smallest absolute Gasteiger partial charge is 0.333 e. The van der Waals surface area contributed by atoms with Crippen molar-refractivity contribution in [1.82, 2.24) is 4.90 Å². The fraction of sp³-hybridized carbons (Fsp3) is 0.318. The van der Waals surface area contributed by atoms with Gasteiger partial charge in [-0.2, -0.15) is 0 Å². The van der Waals surface area contributed by atoms with Gasteiger partial charge in [-0.15, -0.1) is 0 Å². The van der Waals surface area contributed by atoms with Gasteiger partial charge in [0.15, 0.2) is 5.54 Å². The number of amidine groups is 1. The number of carbonyl (C=O) groups excluding carboxylic acids is 1. The number of aliphatic imine (C=N–C) groups is 1. The maximum atomic E-state index is 12.2. The molecule has 2 aromatic rings. The maximum absolute atomic E-state index is 12.2. The first kappa shape index (κ1) is 19.6. The van der Waals surface area contributed by atoms with E-state index in [9.17, 15) is 14.7 Å². The molecular formula is C22H24N2O4. The van der Waals surface area contributed by atoms with Crippen LogP contribution in [0.25, 0.3) is 0 Å². The van der Waals surface area contributed by atoms with E-state index in [0.29, 0.717) is 19.0 Å². The van der Waals surface area contributed by atoms with E-state index in [1.54, 1.807) is 13.8 Å². The van der Waals surface area contributed by atoms with Crippen molar-refractivity contribution in [3.63, 3.8) is 0 Å². The van der Waals surface area contributed by atoms with Gasteiger partial charge in [-0.1, -0.05) is 60.7 Å². The van der Waals surface area contributed by atoms with E-state index in [2.05, 4.69) is 4.99 Å². The lowest BCUT2D eigenvalue weighted by Crippen LogP contribution is -2.44. The minimum atomic E-state index is -1.37. The molecular weight excluding hydrogens is 356 g/mol. The molecule has 146 valence electrons. The summed E-state index contributed by atoms with van der Waals surface area (Å²) in [5.74, 6) is -0.747. The average Bonchev–Trinajstić information content (AvgIpc) is 3.02. The first-order chi connectivity index (χ1) is 13.5. The largest absolute Gasteiger partial charge is 0.479 e. The van der Waals surface area contributed by atoms with Crippen LogP contribution in [0.3, 0.4) is 0 Å². The zero-order chi connectivity index (χ0) is 20.1. The number of carbonyl (C=O) groups is 2.